The zero-order valence-corrected chi connectivity index (χ0v) is 36.7. The van der Waals surface area contributed by atoms with Crippen LogP contribution in [0.2, 0.25) is 0 Å². The summed E-state index contributed by atoms with van der Waals surface area (Å²) in [4.78, 5) is 0. The average molecular weight is 849 g/mol. The van der Waals surface area contributed by atoms with Crippen molar-refractivity contribution in [3.05, 3.63) is 243 Å². The minimum Gasteiger partial charge on any atom is -0.309 e. The number of para-hydroxylation sites is 3. The first-order valence-corrected chi connectivity index (χ1v) is 24.8. The fourth-order valence-electron chi connectivity index (χ4n) is 10.7. The van der Waals surface area contributed by atoms with Gasteiger partial charge in [-0.25, -0.2) is 0 Å². The zero-order valence-electron chi connectivity index (χ0n) is 34.9. The van der Waals surface area contributed by atoms with E-state index in [1.54, 1.807) is 0 Å². The van der Waals surface area contributed by atoms with Crippen molar-refractivity contribution in [1.82, 2.24) is 9.13 Å². The van der Waals surface area contributed by atoms with Crippen LogP contribution >= 0.6 is 11.3 Å². The van der Waals surface area contributed by atoms with Crippen molar-refractivity contribution in [1.29, 1.82) is 0 Å². The van der Waals surface area contributed by atoms with Crippen molar-refractivity contribution >= 4 is 104 Å². The van der Waals surface area contributed by atoms with Crippen LogP contribution in [0.3, 0.4) is 0 Å². The maximum absolute atomic E-state index is 2.94. The average Bonchev–Trinajstić information content (AvgIpc) is 4.02. The van der Waals surface area contributed by atoms with E-state index in [1.807, 2.05) is 11.3 Å². The highest BCUT2D eigenvalue weighted by Crippen LogP contribution is 2.38. The van der Waals surface area contributed by atoms with Crippen LogP contribution in [0.5, 0.6) is 0 Å². The lowest BCUT2D eigenvalue weighted by Crippen LogP contribution is -2.74. The molecule has 3 aromatic heterocycles. The number of thiophene rings is 1. The Kier molecular flexibility index (Phi) is 8.45. The van der Waals surface area contributed by atoms with Crippen LogP contribution < -0.4 is 20.7 Å². The van der Waals surface area contributed by atoms with Gasteiger partial charge in [-0.3, -0.25) is 0 Å². The summed E-state index contributed by atoms with van der Waals surface area (Å²) < 4.78 is 7.55. The molecule has 10 aromatic carbocycles. The Balaban J connectivity index is 1.03. The minimum absolute atomic E-state index is 1.16. The predicted molar refractivity (Wildman–Crippen MR) is 277 cm³/mol. The Morgan fingerprint density at radius 1 is 0.266 bits per heavy atom. The summed E-state index contributed by atoms with van der Waals surface area (Å²) in [6.07, 6.45) is 0. The van der Waals surface area contributed by atoms with Crippen LogP contribution in [0.25, 0.3) is 86.3 Å². The topological polar surface area (TPSA) is 9.86 Å². The van der Waals surface area contributed by atoms with E-state index in [2.05, 4.69) is 252 Å². The maximum atomic E-state index is 2.50. The molecule has 64 heavy (non-hydrogen) atoms. The van der Waals surface area contributed by atoms with E-state index in [-0.39, 0.29) is 0 Å². The first-order chi connectivity index (χ1) is 31.7. The van der Waals surface area contributed by atoms with Gasteiger partial charge in [0.1, 0.15) is 0 Å². The number of fused-ring (bicyclic) bond motifs is 9. The van der Waals surface area contributed by atoms with Crippen LogP contribution in [0.1, 0.15) is 0 Å². The van der Waals surface area contributed by atoms with E-state index in [1.165, 1.54) is 95.7 Å². The molecule has 3 heterocycles. The molecule has 13 aromatic rings. The summed E-state index contributed by atoms with van der Waals surface area (Å²) >= 11 is 1.87. The van der Waals surface area contributed by atoms with Crippen molar-refractivity contribution in [2.45, 2.75) is 0 Å². The van der Waals surface area contributed by atoms with Crippen molar-refractivity contribution in [2.24, 2.45) is 0 Å². The summed E-state index contributed by atoms with van der Waals surface area (Å²) in [5.74, 6) is 0. The lowest BCUT2D eigenvalue weighted by Gasteiger charge is -2.47. The Bertz CT molecular complexity index is 3820. The number of rotatable bonds is 7. The molecule has 0 aliphatic carbocycles. The summed E-state index contributed by atoms with van der Waals surface area (Å²) in [5.41, 5.74) is 9.60. The molecule has 301 valence electrons. The second-order valence-corrected chi connectivity index (χ2v) is 21.7. The van der Waals surface area contributed by atoms with Gasteiger partial charge in [0.05, 0.1) is 22.1 Å². The molecular formula is C60H40N2SSi-. The molecule has 13 rings (SSSR count). The largest absolute Gasteiger partial charge is 0.309 e. The van der Waals surface area contributed by atoms with Crippen LogP contribution in [-0.4, -0.2) is 17.2 Å². The quantitative estimate of drug-likeness (QED) is 0.112. The van der Waals surface area contributed by atoms with Crippen molar-refractivity contribution < 1.29 is 0 Å². The predicted octanol–water partition coefficient (Wildman–Crippen LogP) is 13.3. The van der Waals surface area contributed by atoms with E-state index >= 15 is 0 Å². The van der Waals surface area contributed by atoms with Crippen LogP contribution in [-0.2, 0) is 0 Å². The van der Waals surface area contributed by atoms with Gasteiger partial charge in [0.2, 0.25) is 0 Å². The van der Waals surface area contributed by atoms with Gasteiger partial charge >= 0.3 is 0 Å². The zero-order chi connectivity index (χ0) is 42.2. The van der Waals surface area contributed by atoms with Gasteiger partial charge in [0, 0.05) is 53.1 Å². The first-order valence-electron chi connectivity index (χ1n) is 22.0. The molecule has 2 nitrogen and oxygen atoms in total. The Hall–Kier alpha value is -7.76. The summed E-state index contributed by atoms with van der Waals surface area (Å²) in [6.45, 7) is 0. The van der Waals surface area contributed by atoms with Gasteiger partial charge in [-0.15, -0.1) is 11.3 Å². The Morgan fingerprint density at radius 3 is 1.39 bits per heavy atom. The Morgan fingerprint density at radius 2 is 0.734 bits per heavy atom. The number of nitrogens with zero attached hydrogens (tertiary/aromatic N) is 2. The maximum Gasteiger partial charge on any atom is 0.0542 e. The van der Waals surface area contributed by atoms with E-state index in [0.29, 0.717) is 0 Å². The van der Waals surface area contributed by atoms with Crippen molar-refractivity contribution in [3.63, 3.8) is 0 Å². The van der Waals surface area contributed by atoms with Crippen molar-refractivity contribution in [3.8, 4) is 22.5 Å². The lowest BCUT2D eigenvalue weighted by molar-refractivity contribution is 1.17. The Labute approximate surface area is 376 Å². The molecular weight excluding hydrogens is 809 g/mol. The molecule has 4 heteroatoms. The molecule has 0 aliphatic rings. The van der Waals surface area contributed by atoms with Gasteiger partial charge < -0.3 is 9.13 Å². The SMILES string of the molecule is c1ccc([Si-](c2ccccc2)(c2cccc(-c3ccc4sc5ccccc5c4c3)c2)c2cccc(-n3c4ccccc4c4cc(-n5c6ccccc6c6ccccc65)ccc43)c2)cc1. The third-order valence-corrected chi connectivity index (χ3v) is 19.4. The van der Waals surface area contributed by atoms with E-state index in [9.17, 15) is 0 Å². The number of benzene rings is 10. The van der Waals surface area contributed by atoms with E-state index in [4.69, 9.17) is 0 Å². The van der Waals surface area contributed by atoms with Gasteiger partial charge in [0.15, 0.2) is 0 Å². The monoisotopic (exact) mass is 848 g/mol. The second-order valence-electron chi connectivity index (χ2n) is 16.8. The van der Waals surface area contributed by atoms with Gasteiger partial charge in [0.25, 0.3) is 0 Å². The van der Waals surface area contributed by atoms with Crippen LogP contribution in [0.15, 0.2) is 243 Å². The molecule has 0 radical (unpaired) electrons. The summed E-state index contributed by atoms with van der Waals surface area (Å²) in [6, 6.07) is 90.7. The summed E-state index contributed by atoms with van der Waals surface area (Å²) in [5, 5.41) is 13.1. The van der Waals surface area contributed by atoms with E-state index < -0.39 is 8.07 Å². The molecule has 0 bridgehead atoms. The second kappa shape index (κ2) is 14.7. The van der Waals surface area contributed by atoms with Gasteiger partial charge in [-0.1, -0.05) is 182 Å². The minimum atomic E-state index is -2.94. The molecule has 0 atom stereocenters. The first kappa shape index (κ1) is 36.9. The molecule has 0 unspecified atom stereocenters. The third kappa shape index (κ3) is 5.56. The van der Waals surface area contributed by atoms with Gasteiger partial charge in [-0.05, 0) is 79.9 Å². The van der Waals surface area contributed by atoms with Crippen molar-refractivity contribution in [2.75, 3.05) is 0 Å². The highest BCUT2D eigenvalue weighted by Gasteiger charge is 2.29. The molecule has 0 aliphatic heterocycles. The number of hydrogen-bond acceptors (Lipinski definition) is 1. The molecule has 0 saturated heterocycles. The van der Waals surface area contributed by atoms with Gasteiger partial charge in [-0.2, -0.15) is 20.7 Å². The normalized spacial score (nSPS) is 12.1. The highest BCUT2D eigenvalue weighted by atomic mass is 32.1. The summed E-state index contributed by atoms with van der Waals surface area (Å²) in [7, 11) is -2.94. The smallest absolute Gasteiger partial charge is 0.0542 e. The molecule has 0 fully saturated rings. The molecule has 0 spiro atoms. The molecule has 0 saturated carbocycles. The number of aromatic nitrogens is 2. The number of hydrogen-bond donors (Lipinski definition) is 0. The highest BCUT2D eigenvalue weighted by molar-refractivity contribution is 7.25. The fourth-order valence-corrected chi connectivity index (χ4v) is 16.6. The third-order valence-electron chi connectivity index (χ3n) is 13.5. The fraction of sp³-hybridized carbons (Fsp3) is 0. The van der Waals surface area contributed by atoms with Crippen LogP contribution in [0, 0.1) is 0 Å². The molecule has 0 N–H and O–H groups in total. The molecule has 0 amide bonds. The lowest BCUT2D eigenvalue weighted by atomic mass is 10.0. The van der Waals surface area contributed by atoms with E-state index in [0.717, 1.165) is 11.4 Å². The standard InChI is InChI=1S/C60H40N2SSi/c1-3-19-45(20-4-1)64(46-21-5-2-6-22-46,47-23-15-17-41(37-47)42-33-36-60-54(38-42)52-28-10-14-32-59(52)63-60)48-24-16-18-43(39-48)61-57-31-13-9-27-51(57)53-40-44(34-35-58(53)61)62-55-29-11-7-25-49(55)50-26-8-12-30-56(50)62/h1-40H/q-1. The van der Waals surface area contributed by atoms with Crippen LogP contribution in [0.4, 0.5) is 0 Å².